The Morgan fingerprint density at radius 3 is 2.48 bits per heavy atom. The molecular formula is C24H30N4O3S2. The van der Waals surface area contributed by atoms with Gasteiger partial charge in [-0.1, -0.05) is 63.0 Å². The Balaban J connectivity index is 1.59. The first-order valence-electron chi connectivity index (χ1n) is 11.5. The van der Waals surface area contributed by atoms with E-state index < -0.39 is 10.0 Å². The Kier molecular flexibility index (Phi) is 7.41. The van der Waals surface area contributed by atoms with E-state index in [0.717, 1.165) is 35.2 Å². The van der Waals surface area contributed by atoms with Gasteiger partial charge in [0.15, 0.2) is 5.13 Å². The fraction of sp³-hybridized carbons (Fsp3) is 0.458. The summed E-state index contributed by atoms with van der Waals surface area (Å²) < 4.78 is 27.1. The first-order valence-corrected chi connectivity index (χ1v) is 13.8. The minimum absolute atomic E-state index is 0.111. The third kappa shape index (κ3) is 5.26. The number of aromatic nitrogens is 2. The van der Waals surface area contributed by atoms with Gasteiger partial charge in [0.1, 0.15) is 10.3 Å². The van der Waals surface area contributed by atoms with Crippen LogP contribution < -0.4 is 5.32 Å². The molecule has 0 bridgehead atoms. The number of anilines is 1. The number of amides is 1. The summed E-state index contributed by atoms with van der Waals surface area (Å²) in [6.07, 6.45) is 7.11. The molecule has 0 saturated heterocycles. The molecular weight excluding hydrogens is 456 g/mol. The van der Waals surface area contributed by atoms with E-state index in [1.165, 1.54) is 28.5 Å². The second-order valence-electron chi connectivity index (χ2n) is 8.43. The Hall–Kier alpha value is -2.36. The molecule has 1 aliphatic carbocycles. The molecule has 4 rings (SSSR count). The van der Waals surface area contributed by atoms with Crippen molar-refractivity contribution in [2.24, 2.45) is 5.92 Å². The van der Waals surface area contributed by atoms with Gasteiger partial charge in [-0.2, -0.15) is 4.31 Å². The maximum Gasteiger partial charge on any atom is 0.243 e. The summed E-state index contributed by atoms with van der Waals surface area (Å²) in [7, 11) is -3.53. The van der Waals surface area contributed by atoms with Crippen LogP contribution in [0.15, 0.2) is 47.5 Å². The first-order chi connectivity index (χ1) is 15.9. The molecule has 176 valence electrons. The monoisotopic (exact) mass is 486 g/mol. The fourth-order valence-corrected chi connectivity index (χ4v) is 6.84. The number of carbonyl (C=O) groups is 1. The van der Waals surface area contributed by atoms with E-state index in [9.17, 15) is 13.2 Å². The molecule has 0 spiro atoms. The maximum atomic E-state index is 13.4. The van der Waals surface area contributed by atoms with Crippen molar-refractivity contribution >= 4 is 42.7 Å². The summed E-state index contributed by atoms with van der Waals surface area (Å²) in [5.74, 6) is 0.0236. The van der Waals surface area contributed by atoms with Crippen LogP contribution in [-0.4, -0.2) is 41.7 Å². The van der Waals surface area contributed by atoms with Gasteiger partial charge in [-0.05, 0) is 42.2 Å². The van der Waals surface area contributed by atoms with E-state index in [1.54, 1.807) is 30.5 Å². The zero-order valence-corrected chi connectivity index (χ0v) is 20.7. The van der Waals surface area contributed by atoms with Crippen molar-refractivity contribution in [3.05, 3.63) is 48.2 Å². The van der Waals surface area contributed by atoms with Crippen LogP contribution in [0.1, 0.15) is 57.4 Å². The molecule has 1 atom stereocenters. The van der Waals surface area contributed by atoms with E-state index >= 15 is 0 Å². The molecule has 0 aliphatic heterocycles. The number of nitrogens with zero attached hydrogens (tertiary/aromatic N) is 3. The predicted octanol–water partition coefficient (Wildman–Crippen LogP) is 5.02. The van der Waals surface area contributed by atoms with E-state index in [-0.39, 0.29) is 16.7 Å². The highest BCUT2D eigenvalue weighted by Gasteiger charge is 2.28. The molecule has 33 heavy (non-hydrogen) atoms. The molecule has 2 aromatic heterocycles. The van der Waals surface area contributed by atoms with Crippen LogP contribution in [0.5, 0.6) is 0 Å². The van der Waals surface area contributed by atoms with E-state index in [2.05, 4.69) is 15.3 Å². The summed E-state index contributed by atoms with van der Waals surface area (Å²) in [4.78, 5) is 23.2. The number of rotatable bonds is 9. The first kappa shape index (κ1) is 23.8. The zero-order valence-electron chi connectivity index (χ0n) is 19.0. The van der Waals surface area contributed by atoms with Crippen molar-refractivity contribution in [3.8, 4) is 0 Å². The number of carbonyl (C=O) groups excluding carboxylic acids is 1. The number of sulfonamides is 1. The van der Waals surface area contributed by atoms with E-state index in [1.807, 2.05) is 26.0 Å². The molecule has 1 aliphatic rings. The van der Waals surface area contributed by atoms with Crippen LogP contribution in [0.2, 0.25) is 0 Å². The predicted molar refractivity (Wildman–Crippen MR) is 132 cm³/mol. The highest BCUT2D eigenvalue weighted by atomic mass is 32.2. The van der Waals surface area contributed by atoms with Crippen molar-refractivity contribution in [1.82, 2.24) is 14.3 Å². The van der Waals surface area contributed by atoms with Crippen molar-refractivity contribution in [2.45, 2.75) is 56.8 Å². The van der Waals surface area contributed by atoms with Crippen molar-refractivity contribution in [3.63, 3.8) is 0 Å². The summed E-state index contributed by atoms with van der Waals surface area (Å²) in [5, 5.41) is 3.52. The average molecular weight is 487 g/mol. The van der Waals surface area contributed by atoms with Crippen molar-refractivity contribution in [2.75, 3.05) is 18.4 Å². The summed E-state index contributed by atoms with van der Waals surface area (Å²) >= 11 is 1.36. The largest absolute Gasteiger partial charge is 0.301 e. The lowest BCUT2D eigenvalue weighted by Crippen LogP contribution is -2.30. The minimum atomic E-state index is -3.53. The maximum absolute atomic E-state index is 13.4. The minimum Gasteiger partial charge on any atom is -0.301 e. The molecule has 9 heteroatoms. The fourth-order valence-electron chi connectivity index (χ4n) is 4.57. The molecule has 7 nitrogen and oxygen atoms in total. The standard InChI is InChI=1S/C24H30N4O3S2/c1-3-28(4-2)33(30,31)19-13-11-18(12-14-19)20(16-17-8-5-6-9-17)22(29)27-24-26-21-10-7-15-25-23(21)32-24/h7,10-15,17,20H,3-6,8-9,16H2,1-2H3,(H,26,27,29). The number of benzene rings is 1. The lowest BCUT2D eigenvalue weighted by molar-refractivity contribution is -0.118. The number of nitrogens with one attached hydrogen (secondary N) is 1. The van der Waals surface area contributed by atoms with Gasteiger partial charge in [0.25, 0.3) is 0 Å². The van der Waals surface area contributed by atoms with Crippen LogP contribution in [0.3, 0.4) is 0 Å². The molecule has 1 fully saturated rings. The van der Waals surface area contributed by atoms with Gasteiger partial charge in [0.05, 0.1) is 10.8 Å². The number of thiazole rings is 1. The normalized spacial score (nSPS) is 15.8. The second-order valence-corrected chi connectivity index (χ2v) is 11.3. The van der Waals surface area contributed by atoms with Gasteiger partial charge in [-0.3, -0.25) is 4.79 Å². The lowest BCUT2D eigenvalue weighted by Gasteiger charge is -2.21. The Morgan fingerprint density at radius 2 is 1.85 bits per heavy atom. The Morgan fingerprint density at radius 1 is 1.15 bits per heavy atom. The van der Waals surface area contributed by atoms with Crippen LogP contribution in [-0.2, 0) is 14.8 Å². The molecule has 0 radical (unpaired) electrons. The molecule has 1 amide bonds. The summed E-state index contributed by atoms with van der Waals surface area (Å²) in [6.45, 7) is 4.50. The summed E-state index contributed by atoms with van der Waals surface area (Å²) in [5.41, 5.74) is 1.59. The molecule has 1 unspecified atom stereocenters. The molecule has 1 aromatic carbocycles. The topological polar surface area (TPSA) is 92.3 Å². The Labute approximate surface area is 199 Å². The molecule has 2 heterocycles. The third-order valence-electron chi connectivity index (χ3n) is 6.38. The third-order valence-corrected chi connectivity index (χ3v) is 9.34. The highest BCUT2D eigenvalue weighted by molar-refractivity contribution is 7.89. The van der Waals surface area contributed by atoms with Gasteiger partial charge >= 0.3 is 0 Å². The average Bonchev–Trinajstić information content (AvgIpc) is 3.47. The zero-order chi connectivity index (χ0) is 23.4. The summed E-state index contributed by atoms with van der Waals surface area (Å²) in [6, 6.07) is 10.5. The number of hydrogen-bond acceptors (Lipinski definition) is 6. The number of fused-ring (bicyclic) bond motifs is 1. The van der Waals surface area contributed by atoms with Crippen LogP contribution in [0.25, 0.3) is 10.3 Å². The second kappa shape index (κ2) is 10.3. The van der Waals surface area contributed by atoms with Gasteiger partial charge in [0.2, 0.25) is 15.9 Å². The van der Waals surface area contributed by atoms with Crippen molar-refractivity contribution in [1.29, 1.82) is 0 Å². The molecule has 1 saturated carbocycles. The lowest BCUT2D eigenvalue weighted by atomic mass is 9.87. The van der Waals surface area contributed by atoms with Gasteiger partial charge in [0, 0.05) is 19.3 Å². The van der Waals surface area contributed by atoms with E-state index in [0.29, 0.717) is 24.1 Å². The SMILES string of the molecule is CCN(CC)S(=O)(=O)c1ccc(C(CC2CCCC2)C(=O)Nc2nc3cccnc3s2)cc1. The van der Waals surface area contributed by atoms with Crippen LogP contribution in [0.4, 0.5) is 5.13 Å². The van der Waals surface area contributed by atoms with Gasteiger partial charge in [-0.15, -0.1) is 0 Å². The molecule has 3 aromatic rings. The highest BCUT2D eigenvalue weighted by Crippen LogP contribution is 2.36. The molecule has 1 N–H and O–H groups in total. The number of hydrogen-bond donors (Lipinski definition) is 1. The van der Waals surface area contributed by atoms with Gasteiger partial charge < -0.3 is 5.32 Å². The number of pyridine rings is 1. The van der Waals surface area contributed by atoms with Gasteiger partial charge in [-0.25, -0.2) is 18.4 Å². The smallest absolute Gasteiger partial charge is 0.243 e. The Bertz CT molecular complexity index is 1160. The quantitative estimate of drug-likeness (QED) is 0.458. The van der Waals surface area contributed by atoms with Crippen LogP contribution in [0, 0.1) is 5.92 Å². The van der Waals surface area contributed by atoms with E-state index in [4.69, 9.17) is 0 Å². The van der Waals surface area contributed by atoms with Crippen molar-refractivity contribution < 1.29 is 13.2 Å². The van der Waals surface area contributed by atoms with Crippen LogP contribution >= 0.6 is 11.3 Å².